The van der Waals surface area contributed by atoms with Crippen LogP contribution in [0.4, 0.5) is 0 Å². The van der Waals surface area contributed by atoms with Crippen molar-refractivity contribution in [1.29, 1.82) is 5.26 Å². The lowest BCUT2D eigenvalue weighted by molar-refractivity contribution is 1.17. The lowest BCUT2D eigenvalue weighted by atomic mass is 10.1. The van der Waals surface area contributed by atoms with Crippen molar-refractivity contribution in [2.75, 3.05) is 0 Å². The highest BCUT2D eigenvalue weighted by Gasteiger charge is 2.21. The molecule has 250 valence electrons. The van der Waals surface area contributed by atoms with Crippen molar-refractivity contribution in [3.8, 4) is 23.1 Å². The summed E-state index contributed by atoms with van der Waals surface area (Å²) < 4.78 is 9.71. The van der Waals surface area contributed by atoms with E-state index in [0.29, 0.717) is 5.56 Å². The Morgan fingerprint density at radius 3 is 1.41 bits per heavy atom. The number of rotatable bonds is 3. The first-order valence-electron chi connectivity index (χ1n) is 18.2. The molecule has 0 saturated carbocycles. The molecule has 5 heteroatoms. The molecule has 4 heterocycles. The summed E-state index contributed by atoms with van der Waals surface area (Å²) in [5.41, 5.74) is 11.1. The van der Waals surface area contributed by atoms with E-state index in [1.165, 1.54) is 63.8 Å². The van der Waals surface area contributed by atoms with Crippen LogP contribution in [-0.4, -0.2) is 13.7 Å². The second kappa shape index (κ2) is 10.9. The van der Waals surface area contributed by atoms with Gasteiger partial charge in [-0.2, -0.15) is 5.26 Å². The molecular weight excluding hydrogens is 677 g/mol. The van der Waals surface area contributed by atoms with Crippen molar-refractivity contribution in [3.05, 3.63) is 175 Å². The molecule has 0 atom stereocenters. The minimum absolute atomic E-state index is 0.671. The SMILES string of the molecule is N#Cc1ccc2c(c1)c1ccccc1n2-c1ccc2sc3ccc(-n4c5ccccc5c5c6c7ccccc7n(-c7ccccc7)c6ccc54)cc3c2c1. The molecule has 0 spiro atoms. The molecule has 0 aliphatic heterocycles. The molecule has 8 aromatic carbocycles. The fourth-order valence-corrected chi connectivity index (χ4v) is 10.1. The van der Waals surface area contributed by atoms with E-state index in [4.69, 9.17) is 0 Å². The van der Waals surface area contributed by atoms with Gasteiger partial charge in [0.05, 0.1) is 44.7 Å². The Hall–Kier alpha value is -7.13. The summed E-state index contributed by atoms with van der Waals surface area (Å²) in [5.74, 6) is 0. The van der Waals surface area contributed by atoms with Crippen molar-refractivity contribution >= 4 is 96.9 Å². The molecular formula is C49H28N4S. The third kappa shape index (κ3) is 3.95. The van der Waals surface area contributed by atoms with Crippen molar-refractivity contribution < 1.29 is 0 Å². The van der Waals surface area contributed by atoms with Crippen molar-refractivity contribution in [2.24, 2.45) is 0 Å². The van der Waals surface area contributed by atoms with Gasteiger partial charge in [0.2, 0.25) is 0 Å². The zero-order chi connectivity index (χ0) is 35.5. The second-order valence-electron chi connectivity index (χ2n) is 14.1. The van der Waals surface area contributed by atoms with Crippen molar-refractivity contribution in [1.82, 2.24) is 13.7 Å². The molecule has 0 bridgehead atoms. The minimum Gasteiger partial charge on any atom is -0.309 e. The topological polar surface area (TPSA) is 38.6 Å². The average molecular weight is 705 g/mol. The lowest BCUT2D eigenvalue weighted by Crippen LogP contribution is -1.95. The van der Waals surface area contributed by atoms with Gasteiger partial charge >= 0.3 is 0 Å². The Balaban J connectivity index is 1.12. The summed E-state index contributed by atoms with van der Waals surface area (Å²) in [4.78, 5) is 0. The first kappa shape index (κ1) is 29.4. The van der Waals surface area contributed by atoms with Gasteiger partial charge in [0.25, 0.3) is 0 Å². The number of hydrogen-bond acceptors (Lipinski definition) is 2. The third-order valence-electron chi connectivity index (χ3n) is 11.2. The molecule has 0 unspecified atom stereocenters. The van der Waals surface area contributed by atoms with Gasteiger partial charge < -0.3 is 13.7 Å². The van der Waals surface area contributed by atoms with Crippen LogP contribution in [0.3, 0.4) is 0 Å². The summed E-state index contributed by atoms with van der Waals surface area (Å²) in [7, 11) is 0. The van der Waals surface area contributed by atoms with E-state index >= 15 is 0 Å². The highest BCUT2D eigenvalue weighted by Crippen LogP contribution is 2.44. The molecule has 0 fully saturated rings. The van der Waals surface area contributed by atoms with Crippen molar-refractivity contribution in [3.63, 3.8) is 0 Å². The van der Waals surface area contributed by atoms with Gasteiger partial charge in [-0.3, -0.25) is 0 Å². The standard InChI is InChI=1S/C49H28N4S/c50-29-30-18-21-43-37(26-30)34-12-4-7-15-40(34)52(43)32-19-24-46-38(27-32)39-28-33(20-25-47(39)54-46)53-42-17-9-6-14-36(42)49-45(53)23-22-44-48(49)35-13-5-8-16-41(35)51(44)31-10-2-1-3-11-31/h1-28H. The molecule has 12 aromatic rings. The van der Waals surface area contributed by atoms with Crippen molar-refractivity contribution in [2.45, 2.75) is 0 Å². The number of benzene rings is 8. The molecule has 0 aliphatic carbocycles. The Morgan fingerprint density at radius 1 is 0.352 bits per heavy atom. The van der Waals surface area contributed by atoms with Crippen LogP contribution in [0.1, 0.15) is 5.56 Å². The van der Waals surface area contributed by atoms with Crippen LogP contribution in [0, 0.1) is 11.3 Å². The summed E-state index contributed by atoms with van der Waals surface area (Å²) in [6.45, 7) is 0. The van der Waals surface area contributed by atoms with E-state index < -0.39 is 0 Å². The maximum atomic E-state index is 9.67. The van der Waals surface area contributed by atoms with Crippen LogP contribution in [0.5, 0.6) is 0 Å². The molecule has 54 heavy (non-hydrogen) atoms. The molecule has 0 aliphatic rings. The van der Waals surface area contributed by atoms with E-state index in [0.717, 1.165) is 38.9 Å². The van der Waals surface area contributed by atoms with Gasteiger partial charge in [-0.25, -0.2) is 0 Å². The molecule has 0 N–H and O–H groups in total. The number of aromatic nitrogens is 3. The molecule has 0 radical (unpaired) electrons. The number of nitriles is 1. The van der Waals surface area contributed by atoms with Gasteiger partial charge in [-0.1, -0.05) is 72.8 Å². The molecule has 0 amide bonds. The van der Waals surface area contributed by atoms with Crippen LogP contribution in [-0.2, 0) is 0 Å². The fraction of sp³-hybridized carbons (Fsp3) is 0. The van der Waals surface area contributed by atoms with Crippen LogP contribution in [0.25, 0.3) is 103 Å². The largest absolute Gasteiger partial charge is 0.309 e. The van der Waals surface area contributed by atoms with E-state index in [1.54, 1.807) is 0 Å². The Bertz CT molecular complexity index is 3570. The van der Waals surface area contributed by atoms with Crippen LogP contribution < -0.4 is 0 Å². The third-order valence-corrected chi connectivity index (χ3v) is 12.4. The molecule has 4 aromatic heterocycles. The average Bonchev–Trinajstić information content (AvgIpc) is 3.96. The molecule has 0 saturated heterocycles. The second-order valence-corrected chi connectivity index (χ2v) is 15.1. The maximum absolute atomic E-state index is 9.67. The van der Waals surface area contributed by atoms with Crippen LogP contribution in [0.15, 0.2) is 170 Å². The first-order chi connectivity index (χ1) is 26.7. The van der Waals surface area contributed by atoms with E-state index in [1.807, 2.05) is 23.5 Å². The smallest absolute Gasteiger partial charge is 0.0991 e. The van der Waals surface area contributed by atoms with Gasteiger partial charge in [0.1, 0.15) is 0 Å². The molecule has 4 nitrogen and oxygen atoms in total. The minimum atomic E-state index is 0.671. The Morgan fingerprint density at radius 2 is 0.815 bits per heavy atom. The fourth-order valence-electron chi connectivity index (χ4n) is 9.00. The maximum Gasteiger partial charge on any atom is 0.0991 e. The predicted molar refractivity (Wildman–Crippen MR) is 227 cm³/mol. The van der Waals surface area contributed by atoms with Gasteiger partial charge in [0, 0.05) is 69.6 Å². The summed E-state index contributed by atoms with van der Waals surface area (Å²) in [6.07, 6.45) is 0. The number of hydrogen-bond donors (Lipinski definition) is 0. The lowest BCUT2D eigenvalue weighted by Gasteiger charge is -2.10. The predicted octanol–water partition coefficient (Wildman–Crippen LogP) is 13.2. The first-order valence-corrected chi connectivity index (χ1v) is 19.0. The van der Waals surface area contributed by atoms with Gasteiger partial charge in [-0.05, 0) is 97.1 Å². The number of thiophene rings is 1. The van der Waals surface area contributed by atoms with Gasteiger partial charge in [-0.15, -0.1) is 11.3 Å². The zero-order valence-electron chi connectivity index (χ0n) is 28.9. The van der Waals surface area contributed by atoms with Crippen LogP contribution in [0.2, 0.25) is 0 Å². The number of fused-ring (bicyclic) bond motifs is 13. The summed E-state index contributed by atoms with van der Waals surface area (Å²) in [5, 5.41) is 19.5. The Kier molecular flexibility index (Phi) is 5.97. The van der Waals surface area contributed by atoms with E-state index in [-0.39, 0.29) is 0 Å². The quantitative estimate of drug-likeness (QED) is 0.180. The number of nitrogens with zero attached hydrogens (tertiary/aromatic N) is 4. The van der Waals surface area contributed by atoms with E-state index in [2.05, 4.69) is 177 Å². The molecule has 12 rings (SSSR count). The monoisotopic (exact) mass is 704 g/mol. The highest BCUT2D eigenvalue weighted by molar-refractivity contribution is 7.25. The summed E-state index contributed by atoms with van der Waals surface area (Å²) in [6, 6.07) is 63.5. The Labute approximate surface area is 313 Å². The normalized spacial score (nSPS) is 12.1. The van der Waals surface area contributed by atoms with Crippen LogP contribution >= 0.6 is 11.3 Å². The van der Waals surface area contributed by atoms with Gasteiger partial charge in [0.15, 0.2) is 0 Å². The highest BCUT2D eigenvalue weighted by atomic mass is 32.1. The van der Waals surface area contributed by atoms with E-state index in [9.17, 15) is 5.26 Å². The summed E-state index contributed by atoms with van der Waals surface area (Å²) >= 11 is 1.84. The zero-order valence-corrected chi connectivity index (χ0v) is 29.7. The number of para-hydroxylation sites is 4.